The van der Waals surface area contributed by atoms with Gasteiger partial charge in [-0.3, -0.25) is 19.3 Å². The van der Waals surface area contributed by atoms with Crippen molar-refractivity contribution in [3.8, 4) is 11.5 Å². The molecule has 0 atom stereocenters. The smallest absolute Gasteiger partial charge is 0.387 e. The average Bonchev–Trinajstić information content (AvgIpc) is 2.99. The first-order chi connectivity index (χ1) is 15.7. The number of alkyl halides is 2. The normalized spacial score (nSPS) is 14.8. The summed E-state index contributed by atoms with van der Waals surface area (Å²) in [5.41, 5.74) is 0.0573. The molecule has 1 saturated heterocycles. The van der Waals surface area contributed by atoms with E-state index in [0.717, 1.165) is 12.1 Å². The number of benzene rings is 2. The van der Waals surface area contributed by atoms with Crippen molar-refractivity contribution >= 4 is 40.6 Å². The summed E-state index contributed by atoms with van der Waals surface area (Å²) in [7, 11) is 0. The third kappa shape index (κ3) is 6.04. The minimum absolute atomic E-state index is 0.0199. The van der Waals surface area contributed by atoms with Gasteiger partial charge in [-0.05, 0) is 54.6 Å². The number of rotatable bonds is 8. The Bertz CT molecular complexity index is 1130. The number of thioether (sulfide) groups is 1. The molecule has 1 N–H and O–H groups in total. The van der Waals surface area contributed by atoms with Gasteiger partial charge in [-0.15, -0.1) is 0 Å². The molecule has 0 unspecified atom stereocenters. The quantitative estimate of drug-likeness (QED) is 0.434. The Kier molecular flexibility index (Phi) is 7.59. The van der Waals surface area contributed by atoms with Crippen LogP contribution in [-0.4, -0.2) is 41.7 Å². The fourth-order valence-electron chi connectivity index (χ4n) is 2.79. The second kappa shape index (κ2) is 10.4. The summed E-state index contributed by atoms with van der Waals surface area (Å²) in [6.45, 7) is -1.93. The van der Waals surface area contributed by atoms with Crippen molar-refractivity contribution < 1.29 is 41.4 Å². The molecule has 2 aromatic carbocycles. The summed E-state index contributed by atoms with van der Waals surface area (Å²) < 4.78 is 61.4. The largest absolute Gasteiger partial charge is 0.490 e. The van der Waals surface area contributed by atoms with Crippen molar-refractivity contribution in [1.82, 2.24) is 4.90 Å². The topological polar surface area (TPSA) is 84.9 Å². The number of imide groups is 1. The van der Waals surface area contributed by atoms with Gasteiger partial charge in [-0.2, -0.15) is 8.78 Å². The van der Waals surface area contributed by atoms with Gasteiger partial charge >= 0.3 is 6.61 Å². The van der Waals surface area contributed by atoms with E-state index in [-0.39, 0.29) is 28.7 Å². The van der Waals surface area contributed by atoms with Gasteiger partial charge in [0.1, 0.15) is 18.2 Å². The molecular weight excluding hydrogens is 468 g/mol. The second-order valence-electron chi connectivity index (χ2n) is 6.46. The number of carbonyl (C=O) groups is 3. The third-order valence-corrected chi connectivity index (χ3v) is 5.07. The van der Waals surface area contributed by atoms with E-state index in [1.54, 1.807) is 6.92 Å². The standard InChI is InChI=1S/C21H16F4N2O5S/c1-2-31-16-7-11(3-6-15(16)32-20(24)25)8-17-19(29)27(21(30)33-17)10-18(28)26-14-5-4-12(22)9-13(14)23/h3-9,20H,2,10H2,1H3,(H,26,28)/b17-8-. The summed E-state index contributed by atoms with van der Waals surface area (Å²) in [5, 5.41) is 1.43. The van der Waals surface area contributed by atoms with E-state index >= 15 is 0 Å². The fourth-order valence-corrected chi connectivity index (χ4v) is 3.63. The van der Waals surface area contributed by atoms with E-state index in [1.807, 2.05) is 0 Å². The zero-order valence-corrected chi connectivity index (χ0v) is 17.8. The lowest BCUT2D eigenvalue weighted by atomic mass is 10.2. The highest BCUT2D eigenvalue weighted by Gasteiger charge is 2.36. The van der Waals surface area contributed by atoms with Crippen molar-refractivity contribution in [3.63, 3.8) is 0 Å². The van der Waals surface area contributed by atoms with Gasteiger partial charge < -0.3 is 14.8 Å². The number of hydrogen-bond donors (Lipinski definition) is 1. The highest BCUT2D eigenvalue weighted by molar-refractivity contribution is 8.18. The summed E-state index contributed by atoms with van der Waals surface area (Å²) in [5.74, 6) is -3.65. The highest BCUT2D eigenvalue weighted by Crippen LogP contribution is 2.35. The molecule has 7 nitrogen and oxygen atoms in total. The summed E-state index contributed by atoms with van der Waals surface area (Å²) in [6.07, 6.45) is 1.33. The van der Waals surface area contributed by atoms with Crippen LogP contribution in [0, 0.1) is 11.6 Å². The number of nitrogens with zero attached hydrogens (tertiary/aromatic N) is 1. The Balaban J connectivity index is 1.73. The van der Waals surface area contributed by atoms with Gasteiger partial charge in [0.2, 0.25) is 5.91 Å². The first kappa shape index (κ1) is 24.1. The zero-order chi connectivity index (χ0) is 24.1. The molecule has 1 fully saturated rings. The Labute approximate surface area is 189 Å². The van der Waals surface area contributed by atoms with Crippen LogP contribution in [0.5, 0.6) is 11.5 Å². The van der Waals surface area contributed by atoms with Gasteiger partial charge in [0, 0.05) is 6.07 Å². The zero-order valence-electron chi connectivity index (χ0n) is 16.9. The predicted octanol–water partition coefficient (Wildman–Crippen LogP) is 4.64. The van der Waals surface area contributed by atoms with Crippen molar-refractivity contribution in [2.24, 2.45) is 0 Å². The molecule has 0 aromatic heterocycles. The molecule has 0 radical (unpaired) electrons. The van der Waals surface area contributed by atoms with Crippen LogP contribution >= 0.6 is 11.8 Å². The number of amides is 3. The van der Waals surface area contributed by atoms with Crippen LogP contribution in [0.2, 0.25) is 0 Å². The molecular formula is C21H16F4N2O5S. The summed E-state index contributed by atoms with van der Waals surface area (Å²) >= 11 is 0.567. The minimum Gasteiger partial charge on any atom is -0.490 e. The number of hydrogen-bond acceptors (Lipinski definition) is 6. The summed E-state index contributed by atoms with van der Waals surface area (Å²) in [4.78, 5) is 37.6. The molecule has 0 spiro atoms. The van der Waals surface area contributed by atoms with Gasteiger partial charge in [0.15, 0.2) is 11.5 Å². The molecule has 2 aromatic rings. The van der Waals surface area contributed by atoms with E-state index in [0.29, 0.717) is 28.3 Å². The molecule has 0 saturated carbocycles. The lowest BCUT2D eigenvalue weighted by Crippen LogP contribution is -2.36. The van der Waals surface area contributed by atoms with Gasteiger partial charge in [0.05, 0.1) is 17.2 Å². The molecule has 33 heavy (non-hydrogen) atoms. The van der Waals surface area contributed by atoms with E-state index in [1.165, 1.54) is 24.3 Å². The molecule has 1 aliphatic rings. The maximum Gasteiger partial charge on any atom is 0.387 e. The Morgan fingerprint density at radius 1 is 1.15 bits per heavy atom. The minimum atomic E-state index is -3.05. The van der Waals surface area contributed by atoms with Crippen LogP contribution < -0.4 is 14.8 Å². The number of anilines is 1. The van der Waals surface area contributed by atoms with Crippen molar-refractivity contribution in [3.05, 3.63) is 58.5 Å². The van der Waals surface area contributed by atoms with Crippen LogP contribution in [0.1, 0.15) is 12.5 Å². The maximum absolute atomic E-state index is 13.7. The third-order valence-electron chi connectivity index (χ3n) is 4.16. The van der Waals surface area contributed by atoms with Crippen LogP contribution in [0.25, 0.3) is 6.08 Å². The molecule has 3 rings (SSSR count). The lowest BCUT2D eigenvalue weighted by Gasteiger charge is -2.13. The van der Waals surface area contributed by atoms with Crippen molar-refractivity contribution in [2.75, 3.05) is 18.5 Å². The molecule has 1 heterocycles. The molecule has 0 bridgehead atoms. The van der Waals surface area contributed by atoms with Crippen LogP contribution in [0.3, 0.4) is 0 Å². The monoisotopic (exact) mass is 484 g/mol. The Morgan fingerprint density at radius 3 is 2.58 bits per heavy atom. The molecule has 1 aliphatic heterocycles. The average molecular weight is 484 g/mol. The van der Waals surface area contributed by atoms with Crippen LogP contribution in [-0.2, 0) is 9.59 Å². The highest BCUT2D eigenvalue weighted by atomic mass is 32.2. The van der Waals surface area contributed by atoms with Gasteiger partial charge in [-0.1, -0.05) is 6.07 Å². The van der Waals surface area contributed by atoms with Crippen LogP contribution in [0.15, 0.2) is 41.3 Å². The molecule has 174 valence electrons. The first-order valence-corrected chi connectivity index (χ1v) is 10.2. The van der Waals surface area contributed by atoms with Gasteiger partial charge in [-0.25, -0.2) is 8.78 Å². The van der Waals surface area contributed by atoms with E-state index in [2.05, 4.69) is 10.1 Å². The van der Waals surface area contributed by atoms with E-state index in [9.17, 15) is 31.9 Å². The Hall–Kier alpha value is -3.54. The van der Waals surface area contributed by atoms with Crippen LogP contribution in [0.4, 0.5) is 28.0 Å². The van der Waals surface area contributed by atoms with E-state index < -0.39 is 41.8 Å². The maximum atomic E-state index is 13.7. The predicted molar refractivity (Wildman–Crippen MR) is 112 cm³/mol. The van der Waals surface area contributed by atoms with E-state index in [4.69, 9.17) is 4.74 Å². The molecule has 12 heteroatoms. The number of ether oxygens (including phenoxy) is 2. The Morgan fingerprint density at radius 2 is 1.91 bits per heavy atom. The summed E-state index contributed by atoms with van der Waals surface area (Å²) in [6, 6.07) is 6.51. The van der Waals surface area contributed by atoms with Crippen molar-refractivity contribution in [2.45, 2.75) is 13.5 Å². The SMILES string of the molecule is CCOc1cc(/C=C2\SC(=O)N(CC(=O)Nc3ccc(F)cc3F)C2=O)ccc1OC(F)F. The molecule has 3 amide bonds. The lowest BCUT2D eigenvalue weighted by molar-refractivity contribution is -0.127. The fraction of sp³-hybridized carbons (Fsp3) is 0.190. The second-order valence-corrected chi connectivity index (χ2v) is 7.45. The number of nitrogens with one attached hydrogen (secondary N) is 1. The van der Waals surface area contributed by atoms with Gasteiger partial charge in [0.25, 0.3) is 11.1 Å². The first-order valence-electron chi connectivity index (χ1n) is 9.40. The van der Waals surface area contributed by atoms with Crippen molar-refractivity contribution in [1.29, 1.82) is 0 Å². The molecule has 0 aliphatic carbocycles. The number of halogens is 4. The number of carbonyl (C=O) groups excluding carboxylic acids is 3.